The van der Waals surface area contributed by atoms with Gasteiger partial charge in [0, 0.05) is 29.4 Å². The highest BCUT2D eigenvalue weighted by Crippen LogP contribution is 2.20. The lowest BCUT2D eigenvalue weighted by Crippen LogP contribution is -2.23. The van der Waals surface area contributed by atoms with E-state index in [-0.39, 0.29) is 5.91 Å². The van der Waals surface area contributed by atoms with Crippen LogP contribution in [0.4, 0.5) is 0 Å². The second kappa shape index (κ2) is 6.29. The van der Waals surface area contributed by atoms with Gasteiger partial charge in [-0.1, -0.05) is 23.2 Å². The van der Waals surface area contributed by atoms with Gasteiger partial charge in [-0.3, -0.25) is 9.48 Å². The first-order chi connectivity index (χ1) is 9.52. The van der Waals surface area contributed by atoms with Crippen molar-refractivity contribution in [1.29, 1.82) is 0 Å². The predicted octanol–water partition coefficient (Wildman–Crippen LogP) is 3.45. The number of carbonyl (C=O) groups is 1. The molecule has 4 nitrogen and oxygen atoms in total. The number of benzene rings is 1. The summed E-state index contributed by atoms with van der Waals surface area (Å²) in [7, 11) is 0. The first-order valence-corrected chi connectivity index (χ1v) is 7.03. The summed E-state index contributed by atoms with van der Waals surface area (Å²) in [5.74, 6) is -0.249. The summed E-state index contributed by atoms with van der Waals surface area (Å²) in [5.41, 5.74) is 2.41. The van der Waals surface area contributed by atoms with Gasteiger partial charge in [-0.05, 0) is 32.0 Å². The fourth-order valence-electron chi connectivity index (χ4n) is 1.92. The van der Waals surface area contributed by atoms with Crippen molar-refractivity contribution in [1.82, 2.24) is 15.1 Å². The van der Waals surface area contributed by atoms with Gasteiger partial charge >= 0.3 is 0 Å². The maximum atomic E-state index is 12.1. The Hall–Kier alpha value is -1.52. The van der Waals surface area contributed by atoms with Crippen molar-refractivity contribution in [3.63, 3.8) is 0 Å². The third kappa shape index (κ3) is 3.14. The number of aromatic nitrogens is 2. The summed E-state index contributed by atoms with van der Waals surface area (Å²) in [5, 5.41) is 7.92. The molecule has 1 amide bonds. The molecule has 20 heavy (non-hydrogen) atoms. The van der Waals surface area contributed by atoms with Gasteiger partial charge in [0.15, 0.2) is 0 Å². The molecule has 0 aliphatic rings. The second-order valence-electron chi connectivity index (χ2n) is 4.38. The minimum absolute atomic E-state index is 0.249. The van der Waals surface area contributed by atoms with Gasteiger partial charge in [-0.15, -0.1) is 0 Å². The van der Waals surface area contributed by atoms with Gasteiger partial charge in [-0.2, -0.15) is 5.10 Å². The minimum atomic E-state index is -0.249. The second-order valence-corrected chi connectivity index (χ2v) is 5.22. The van der Waals surface area contributed by atoms with Crippen molar-refractivity contribution in [3.05, 3.63) is 51.3 Å². The van der Waals surface area contributed by atoms with Crippen molar-refractivity contribution in [2.24, 2.45) is 0 Å². The van der Waals surface area contributed by atoms with E-state index in [1.54, 1.807) is 24.4 Å². The van der Waals surface area contributed by atoms with Crippen LogP contribution in [0.5, 0.6) is 0 Å². The predicted molar refractivity (Wildman–Crippen MR) is 80.3 cm³/mol. The zero-order valence-electron chi connectivity index (χ0n) is 11.3. The van der Waals surface area contributed by atoms with Crippen LogP contribution in [0.2, 0.25) is 10.0 Å². The van der Waals surface area contributed by atoms with Crippen molar-refractivity contribution in [2.45, 2.75) is 26.9 Å². The molecule has 2 rings (SSSR count). The molecule has 0 fully saturated rings. The number of amides is 1. The molecule has 106 valence electrons. The summed E-state index contributed by atoms with van der Waals surface area (Å²) in [6.45, 7) is 5.21. The van der Waals surface area contributed by atoms with Gasteiger partial charge < -0.3 is 5.32 Å². The monoisotopic (exact) mass is 311 g/mol. The highest BCUT2D eigenvalue weighted by atomic mass is 35.5. The van der Waals surface area contributed by atoms with Crippen molar-refractivity contribution in [3.8, 4) is 0 Å². The SMILES string of the molecule is CCn1ncc(CNC(=O)c2cc(Cl)ccc2Cl)c1C. The number of halogens is 2. The van der Waals surface area contributed by atoms with Gasteiger partial charge in [0.05, 0.1) is 16.8 Å². The van der Waals surface area contributed by atoms with Crippen LogP contribution >= 0.6 is 23.2 Å². The molecule has 0 bridgehead atoms. The maximum absolute atomic E-state index is 12.1. The van der Waals surface area contributed by atoms with E-state index in [0.29, 0.717) is 22.2 Å². The molecule has 1 heterocycles. The van der Waals surface area contributed by atoms with Gasteiger partial charge in [0.1, 0.15) is 0 Å². The summed E-state index contributed by atoms with van der Waals surface area (Å²) < 4.78 is 1.88. The van der Waals surface area contributed by atoms with Crippen LogP contribution in [0.25, 0.3) is 0 Å². The Morgan fingerprint density at radius 3 is 2.80 bits per heavy atom. The van der Waals surface area contributed by atoms with E-state index in [9.17, 15) is 4.79 Å². The fourth-order valence-corrected chi connectivity index (χ4v) is 2.30. The molecule has 1 aromatic carbocycles. The van der Waals surface area contributed by atoms with E-state index < -0.39 is 0 Å². The smallest absolute Gasteiger partial charge is 0.253 e. The first-order valence-electron chi connectivity index (χ1n) is 6.27. The molecule has 1 aromatic heterocycles. The highest BCUT2D eigenvalue weighted by Gasteiger charge is 2.12. The number of carbonyl (C=O) groups excluding carboxylic acids is 1. The molecule has 0 unspecified atom stereocenters. The third-order valence-electron chi connectivity index (χ3n) is 3.12. The number of hydrogen-bond acceptors (Lipinski definition) is 2. The van der Waals surface area contributed by atoms with Crippen LogP contribution in [0, 0.1) is 6.92 Å². The zero-order chi connectivity index (χ0) is 14.7. The van der Waals surface area contributed by atoms with E-state index in [1.165, 1.54) is 0 Å². The van der Waals surface area contributed by atoms with Gasteiger partial charge in [0.2, 0.25) is 0 Å². The van der Waals surface area contributed by atoms with E-state index in [1.807, 2.05) is 18.5 Å². The van der Waals surface area contributed by atoms with Crippen LogP contribution in [-0.2, 0) is 13.1 Å². The average molecular weight is 312 g/mol. The largest absolute Gasteiger partial charge is 0.348 e. The molecular weight excluding hydrogens is 297 g/mol. The van der Waals surface area contributed by atoms with Crippen LogP contribution < -0.4 is 5.32 Å². The van der Waals surface area contributed by atoms with E-state index in [0.717, 1.165) is 17.8 Å². The average Bonchev–Trinajstić information content (AvgIpc) is 2.79. The molecule has 0 spiro atoms. The Balaban J connectivity index is 2.08. The van der Waals surface area contributed by atoms with Crippen LogP contribution in [0.1, 0.15) is 28.5 Å². The highest BCUT2D eigenvalue weighted by molar-refractivity contribution is 6.35. The number of rotatable bonds is 4. The summed E-state index contributed by atoms with van der Waals surface area (Å²) >= 11 is 11.9. The molecule has 2 aromatic rings. The number of nitrogens with one attached hydrogen (secondary N) is 1. The maximum Gasteiger partial charge on any atom is 0.253 e. The van der Waals surface area contributed by atoms with E-state index in [2.05, 4.69) is 10.4 Å². The lowest BCUT2D eigenvalue weighted by Gasteiger charge is -2.07. The van der Waals surface area contributed by atoms with Crippen LogP contribution in [0.15, 0.2) is 24.4 Å². The molecule has 0 aliphatic carbocycles. The quantitative estimate of drug-likeness (QED) is 0.940. The molecule has 0 saturated carbocycles. The topological polar surface area (TPSA) is 46.9 Å². The molecule has 0 atom stereocenters. The Bertz CT molecular complexity index is 637. The first kappa shape index (κ1) is 14.9. The van der Waals surface area contributed by atoms with Crippen molar-refractivity contribution >= 4 is 29.1 Å². The number of aryl methyl sites for hydroxylation is 1. The van der Waals surface area contributed by atoms with Gasteiger partial charge in [0.25, 0.3) is 5.91 Å². The molecule has 0 aliphatic heterocycles. The normalized spacial score (nSPS) is 10.6. The van der Waals surface area contributed by atoms with Crippen LogP contribution in [-0.4, -0.2) is 15.7 Å². The third-order valence-corrected chi connectivity index (χ3v) is 3.68. The molecule has 0 radical (unpaired) electrons. The lowest BCUT2D eigenvalue weighted by atomic mass is 10.2. The standard InChI is InChI=1S/C14H15Cl2N3O/c1-3-19-9(2)10(8-18-19)7-17-14(20)12-6-11(15)4-5-13(12)16/h4-6,8H,3,7H2,1-2H3,(H,17,20). The molecular formula is C14H15Cl2N3O. The Morgan fingerprint density at radius 1 is 1.40 bits per heavy atom. The zero-order valence-corrected chi connectivity index (χ0v) is 12.8. The molecule has 0 saturated heterocycles. The number of hydrogen-bond donors (Lipinski definition) is 1. The Morgan fingerprint density at radius 2 is 2.15 bits per heavy atom. The van der Waals surface area contributed by atoms with E-state index in [4.69, 9.17) is 23.2 Å². The fraction of sp³-hybridized carbons (Fsp3) is 0.286. The number of nitrogens with zero attached hydrogens (tertiary/aromatic N) is 2. The summed E-state index contributed by atoms with van der Waals surface area (Å²) in [6, 6.07) is 4.82. The lowest BCUT2D eigenvalue weighted by molar-refractivity contribution is 0.0951. The van der Waals surface area contributed by atoms with Gasteiger partial charge in [-0.25, -0.2) is 0 Å². The summed E-state index contributed by atoms with van der Waals surface area (Å²) in [4.78, 5) is 12.1. The molecule has 6 heteroatoms. The molecule has 1 N–H and O–H groups in total. The Kier molecular flexibility index (Phi) is 4.68. The Labute approximate surface area is 127 Å². The van der Waals surface area contributed by atoms with Crippen molar-refractivity contribution < 1.29 is 4.79 Å². The minimum Gasteiger partial charge on any atom is -0.348 e. The summed E-state index contributed by atoms with van der Waals surface area (Å²) in [6.07, 6.45) is 1.76. The van der Waals surface area contributed by atoms with Crippen LogP contribution in [0.3, 0.4) is 0 Å². The van der Waals surface area contributed by atoms with E-state index >= 15 is 0 Å². The van der Waals surface area contributed by atoms with Crippen molar-refractivity contribution in [2.75, 3.05) is 0 Å².